The van der Waals surface area contributed by atoms with E-state index < -0.39 is 0 Å². The highest BCUT2D eigenvalue weighted by Crippen LogP contribution is 2.30. The Morgan fingerprint density at radius 1 is 1.03 bits per heavy atom. The molecule has 1 aliphatic rings. The number of ether oxygens (including phenoxy) is 2. The van der Waals surface area contributed by atoms with Crippen LogP contribution in [0.2, 0.25) is 0 Å². The maximum absolute atomic E-state index is 6.21. The number of aryl methyl sites for hydroxylation is 2. The smallest absolute Gasteiger partial charge is 0.161 e. The first-order chi connectivity index (χ1) is 14.1. The molecule has 4 rings (SSSR count). The molecule has 5 heteroatoms. The van der Waals surface area contributed by atoms with Crippen molar-refractivity contribution in [1.82, 2.24) is 15.1 Å². The van der Waals surface area contributed by atoms with Gasteiger partial charge in [-0.15, -0.1) is 0 Å². The summed E-state index contributed by atoms with van der Waals surface area (Å²) >= 11 is 0. The molecular formula is C24H29N3O2. The summed E-state index contributed by atoms with van der Waals surface area (Å²) in [5.74, 6) is 1.63. The van der Waals surface area contributed by atoms with E-state index in [1.807, 2.05) is 30.5 Å². The summed E-state index contributed by atoms with van der Waals surface area (Å²) < 4.78 is 11.6. The summed E-state index contributed by atoms with van der Waals surface area (Å²) in [4.78, 5) is 2.48. The number of aromatic nitrogens is 2. The fraction of sp³-hybridized carbons (Fsp3) is 0.375. The molecule has 2 heterocycles. The van der Waals surface area contributed by atoms with E-state index in [9.17, 15) is 0 Å². The van der Waals surface area contributed by atoms with Crippen LogP contribution in [0.15, 0.2) is 48.7 Å². The highest BCUT2D eigenvalue weighted by Gasteiger charge is 2.23. The lowest BCUT2D eigenvalue weighted by Crippen LogP contribution is -2.37. The molecule has 1 fully saturated rings. The van der Waals surface area contributed by atoms with Crippen molar-refractivity contribution in [3.63, 3.8) is 0 Å². The molecule has 0 aliphatic carbocycles. The second-order valence-corrected chi connectivity index (χ2v) is 7.81. The number of piperidine rings is 1. The van der Waals surface area contributed by atoms with Gasteiger partial charge in [0.05, 0.1) is 19.0 Å². The molecule has 3 aromatic rings. The van der Waals surface area contributed by atoms with Gasteiger partial charge < -0.3 is 9.47 Å². The van der Waals surface area contributed by atoms with Crippen LogP contribution in [0.25, 0.3) is 11.3 Å². The zero-order chi connectivity index (χ0) is 20.2. The summed E-state index contributed by atoms with van der Waals surface area (Å²) in [6, 6.07) is 14.5. The average molecular weight is 392 g/mol. The summed E-state index contributed by atoms with van der Waals surface area (Å²) in [6.45, 7) is 7.22. The Balaban J connectivity index is 1.37. The molecule has 0 radical (unpaired) electrons. The minimum atomic E-state index is 0.228. The zero-order valence-electron chi connectivity index (χ0n) is 17.4. The Hall–Kier alpha value is -2.79. The highest BCUT2D eigenvalue weighted by atomic mass is 16.5. The van der Waals surface area contributed by atoms with Crippen molar-refractivity contribution in [3.05, 3.63) is 65.4 Å². The van der Waals surface area contributed by atoms with Crippen molar-refractivity contribution in [1.29, 1.82) is 0 Å². The third-order valence-corrected chi connectivity index (χ3v) is 5.80. The Morgan fingerprint density at radius 3 is 2.52 bits per heavy atom. The predicted molar refractivity (Wildman–Crippen MR) is 115 cm³/mol. The topological polar surface area (TPSA) is 50.4 Å². The predicted octanol–water partition coefficient (Wildman–Crippen LogP) is 4.75. The molecule has 1 aromatic heterocycles. The number of nitrogens with zero attached hydrogens (tertiary/aromatic N) is 2. The number of para-hydroxylation sites is 2. The Bertz CT molecular complexity index is 958. The normalized spacial score (nSPS) is 15.4. The number of rotatable bonds is 6. The van der Waals surface area contributed by atoms with Crippen LogP contribution in [0, 0.1) is 13.8 Å². The summed E-state index contributed by atoms with van der Waals surface area (Å²) in [5, 5.41) is 7.51. The van der Waals surface area contributed by atoms with Gasteiger partial charge >= 0.3 is 0 Å². The van der Waals surface area contributed by atoms with Crippen LogP contribution in [0.5, 0.6) is 11.5 Å². The van der Waals surface area contributed by atoms with Gasteiger partial charge in [0, 0.05) is 30.8 Å². The minimum Gasteiger partial charge on any atom is -0.493 e. The van der Waals surface area contributed by atoms with Crippen molar-refractivity contribution < 1.29 is 9.47 Å². The van der Waals surface area contributed by atoms with Crippen LogP contribution in [0.3, 0.4) is 0 Å². The molecule has 0 saturated carbocycles. The van der Waals surface area contributed by atoms with Crippen molar-refractivity contribution in [2.45, 2.75) is 39.3 Å². The van der Waals surface area contributed by atoms with Gasteiger partial charge in [0.1, 0.15) is 6.10 Å². The lowest BCUT2D eigenvalue weighted by Gasteiger charge is -2.32. The van der Waals surface area contributed by atoms with Gasteiger partial charge in [-0.2, -0.15) is 5.10 Å². The number of H-pyrrole nitrogens is 1. The van der Waals surface area contributed by atoms with Crippen molar-refractivity contribution >= 4 is 0 Å². The van der Waals surface area contributed by atoms with Gasteiger partial charge in [-0.05, 0) is 56.0 Å². The molecule has 0 bridgehead atoms. The van der Waals surface area contributed by atoms with E-state index in [4.69, 9.17) is 9.47 Å². The maximum Gasteiger partial charge on any atom is 0.161 e. The number of likely N-dealkylation sites (tertiary alicyclic amines) is 1. The van der Waals surface area contributed by atoms with Crippen LogP contribution in [-0.4, -0.2) is 41.4 Å². The fourth-order valence-corrected chi connectivity index (χ4v) is 3.90. The summed E-state index contributed by atoms with van der Waals surface area (Å²) in [5.41, 5.74) is 6.19. The number of benzene rings is 2. The Labute approximate surface area is 172 Å². The highest BCUT2D eigenvalue weighted by molar-refractivity contribution is 5.64. The Morgan fingerprint density at radius 2 is 1.79 bits per heavy atom. The van der Waals surface area contributed by atoms with Crippen molar-refractivity contribution in [3.8, 4) is 22.8 Å². The molecule has 0 atom stereocenters. The van der Waals surface area contributed by atoms with Gasteiger partial charge in [-0.1, -0.05) is 24.3 Å². The monoisotopic (exact) mass is 391 g/mol. The lowest BCUT2D eigenvalue weighted by atomic mass is 10.0. The summed E-state index contributed by atoms with van der Waals surface area (Å²) in [6.07, 6.45) is 4.21. The van der Waals surface area contributed by atoms with E-state index >= 15 is 0 Å². The van der Waals surface area contributed by atoms with E-state index in [0.29, 0.717) is 0 Å². The van der Waals surface area contributed by atoms with Gasteiger partial charge in [0.2, 0.25) is 0 Å². The first kappa shape index (κ1) is 19.5. The first-order valence-corrected chi connectivity index (χ1v) is 10.3. The molecule has 0 unspecified atom stereocenters. The average Bonchev–Trinajstić information content (AvgIpc) is 3.20. The second-order valence-electron chi connectivity index (χ2n) is 7.81. The molecule has 0 spiro atoms. The van der Waals surface area contributed by atoms with Crippen LogP contribution >= 0.6 is 0 Å². The summed E-state index contributed by atoms with van der Waals surface area (Å²) in [7, 11) is 1.68. The van der Waals surface area contributed by atoms with Crippen LogP contribution in [0.4, 0.5) is 0 Å². The van der Waals surface area contributed by atoms with Crippen LogP contribution in [-0.2, 0) is 6.54 Å². The molecule has 0 amide bonds. The SMILES string of the molecule is COc1ccccc1OC1CCN(Cc2cn[nH]c2-c2ccc(C)c(C)c2)CC1. The van der Waals surface area contributed by atoms with Gasteiger partial charge in [-0.3, -0.25) is 10.00 Å². The lowest BCUT2D eigenvalue weighted by molar-refractivity contribution is 0.0944. The minimum absolute atomic E-state index is 0.228. The molecule has 1 saturated heterocycles. The Kier molecular flexibility index (Phi) is 5.86. The van der Waals surface area contributed by atoms with E-state index in [-0.39, 0.29) is 6.10 Å². The van der Waals surface area contributed by atoms with Gasteiger partial charge in [0.15, 0.2) is 11.5 Å². The largest absolute Gasteiger partial charge is 0.493 e. The van der Waals surface area contributed by atoms with Crippen LogP contribution < -0.4 is 9.47 Å². The molecule has 5 nitrogen and oxygen atoms in total. The van der Waals surface area contributed by atoms with Gasteiger partial charge in [-0.25, -0.2) is 0 Å². The molecular weight excluding hydrogens is 362 g/mol. The third-order valence-electron chi connectivity index (χ3n) is 5.80. The number of methoxy groups -OCH3 is 1. The molecule has 2 aromatic carbocycles. The standard InChI is InChI=1S/C24H29N3O2/c1-17-8-9-19(14-18(17)2)24-20(15-25-26-24)16-27-12-10-21(11-13-27)29-23-7-5-4-6-22(23)28-3/h4-9,14-15,21H,10-13,16H2,1-3H3,(H,25,26). The van der Waals surface area contributed by atoms with E-state index in [1.165, 1.54) is 22.3 Å². The van der Waals surface area contributed by atoms with E-state index in [1.54, 1.807) is 7.11 Å². The van der Waals surface area contributed by atoms with Crippen LogP contribution in [0.1, 0.15) is 29.5 Å². The number of aromatic amines is 1. The first-order valence-electron chi connectivity index (χ1n) is 10.3. The fourth-order valence-electron chi connectivity index (χ4n) is 3.90. The number of hydrogen-bond donors (Lipinski definition) is 1. The molecule has 152 valence electrons. The molecule has 29 heavy (non-hydrogen) atoms. The third kappa shape index (κ3) is 4.46. The molecule has 1 N–H and O–H groups in total. The quantitative estimate of drug-likeness (QED) is 0.659. The van der Waals surface area contributed by atoms with Crippen molar-refractivity contribution in [2.24, 2.45) is 0 Å². The van der Waals surface area contributed by atoms with Crippen molar-refractivity contribution in [2.75, 3.05) is 20.2 Å². The van der Waals surface area contributed by atoms with E-state index in [0.717, 1.165) is 49.7 Å². The van der Waals surface area contributed by atoms with Gasteiger partial charge in [0.25, 0.3) is 0 Å². The zero-order valence-corrected chi connectivity index (χ0v) is 17.4. The second kappa shape index (κ2) is 8.70. The van der Waals surface area contributed by atoms with E-state index in [2.05, 4.69) is 47.1 Å². The maximum atomic E-state index is 6.21. The number of nitrogens with one attached hydrogen (secondary N) is 1. The number of hydrogen-bond acceptors (Lipinski definition) is 4. The molecule has 1 aliphatic heterocycles.